The minimum atomic E-state index is -0.227. The van der Waals surface area contributed by atoms with Gasteiger partial charge in [0, 0.05) is 17.0 Å². The van der Waals surface area contributed by atoms with Crippen LogP contribution in [0.2, 0.25) is 5.02 Å². The number of pyridine rings is 1. The van der Waals surface area contributed by atoms with E-state index in [9.17, 15) is 4.79 Å². The van der Waals surface area contributed by atoms with Gasteiger partial charge in [-0.15, -0.1) is 11.8 Å². The van der Waals surface area contributed by atoms with Crippen LogP contribution in [0.4, 0.5) is 5.82 Å². The summed E-state index contributed by atoms with van der Waals surface area (Å²) < 4.78 is 5.88. The van der Waals surface area contributed by atoms with Crippen molar-refractivity contribution >= 4 is 40.0 Å². The largest absolute Gasteiger partial charge is 0.486 e. The van der Waals surface area contributed by atoms with Crippen LogP contribution in [0.1, 0.15) is 11.1 Å². The van der Waals surface area contributed by atoms with Crippen LogP contribution in [-0.4, -0.2) is 23.3 Å². The highest BCUT2D eigenvalue weighted by atomic mass is 35.5. The summed E-state index contributed by atoms with van der Waals surface area (Å²) in [6, 6.07) is 22.9. The van der Waals surface area contributed by atoms with Crippen LogP contribution in [0.3, 0.4) is 0 Å². The molecule has 4 rings (SSSR count). The van der Waals surface area contributed by atoms with Gasteiger partial charge in [-0.25, -0.2) is 4.98 Å². The summed E-state index contributed by atoms with van der Waals surface area (Å²) in [6.45, 7) is 0.791. The first-order valence-electron chi connectivity index (χ1n) is 9.25. The van der Waals surface area contributed by atoms with Crippen molar-refractivity contribution in [3.8, 4) is 0 Å². The number of amides is 1. The second-order valence-electron chi connectivity index (χ2n) is 6.39. The van der Waals surface area contributed by atoms with Gasteiger partial charge in [0.15, 0.2) is 5.76 Å². The minimum Gasteiger partial charge on any atom is -0.486 e. The molecule has 2 aromatic carbocycles. The van der Waals surface area contributed by atoms with Gasteiger partial charge in [-0.1, -0.05) is 66.2 Å². The van der Waals surface area contributed by atoms with Gasteiger partial charge >= 0.3 is 0 Å². The number of anilines is 1. The number of rotatable bonds is 5. The summed E-state index contributed by atoms with van der Waals surface area (Å²) in [4.78, 5) is 20.5. The molecule has 3 aromatic rings. The maximum atomic E-state index is 13.6. The fourth-order valence-corrected chi connectivity index (χ4v) is 4.22. The Hall–Kier alpha value is -2.76. The number of ether oxygens (including phenoxy) is 1. The highest BCUT2D eigenvalue weighted by Gasteiger charge is 2.29. The molecule has 0 spiro atoms. The van der Waals surface area contributed by atoms with Crippen LogP contribution in [0.15, 0.2) is 84.8 Å². The van der Waals surface area contributed by atoms with E-state index in [-0.39, 0.29) is 5.91 Å². The summed E-state index contributed by atoms with van der Waals surface area (Å²) in [6.07, 6.45) is 1.67. The smallest absolute Gasteiger partial charge is 0.296 e. The lowest BCUT2D eigenvalue weighted by Gasteiger charge is -2.27. The number of hydrogen-bond donors (Lipinski definition) is 0. The molecule has 146 valence electrons. The Balaban J connectivity index is 1.76. The number of carbonyl (C=O) groups excluding carboxylic acids is 1. The predicted octanol–water partition coefficient (Wildman–Crippen LogP) is 5.40. The molecule has 1 aromatic heterocycles. The zero-order valence-electron chi connectivity index (χ0n) is 15.6. The lowest BCUT2D eigenvalue weighted by molar-refractivity contribution is -0.118. The predicted molar refractivity (Wildman–Crippen MR) is 119 cm³/mol. The van der Waals surface area contributed by atoms with Crippen molar-refractivity contribution < 1.29 is 9.53 Å². The third-order valence-corrected chi connectivity index (χ3v) is 5.92. The fraction of sp³-hybridized carbons (Fsp3) is 0.130. The normalized spacial score (nSPS) is 13.7. The van der Waals surface area contributed by atoms with Gasteiger partial charge in [0.25, 0.3) is 5.91 Å². The van der Waals surface area contributed by atoms with Crippen molar-refractivity contribution in [1.82, 2.24) is 4.98 Å². The molecule has 0 aliphatic carbocycles. The van der Waals surface area contributed by atoms with Gasteiger partial charge < -0.3 is 4.74 Å². The number of carbonyl (C=O) groups is 1. The summed E-state index contributed by atoms with van der Waals surface area (Å²) in [5.41, 5.74) is 1.82. The molecular formula is C23H19ClN2O2S. The van der Waals surface area contributed by atoms with Crippen LogP contribution in [-0.2, 0) is 16.1 Å². The maximum Gasteiger partial charge on any atom is 0.296 e. The first-order chi connectivity index (χ1) is 14.2. The lowest BCUT2D eigenvalue weighted by Crippen LogP contribution is -2.34. The van der Waals surface area contributed by atoms with E-state index < -0.39 is 0 Å². The highest BCUT2D eigenvalue weighted by Crippen LogP contribution is 2.36. The molecule has 1 aliphatic heterocycles. The van der Waals surface area contributed by atoms with E-state index in [1.807, 2.05) is 72.8 Å². The minimum absolute atomic E-state index is 0.227. The second-order valence-corrected chi connectivity index (χ2v) is 7.90. The molecule has 0 saturated carbocycles. The van der Waals surface area contributed by atoms with Crippen molar-refractivity contribution in [3.05, 3.63) is 101 Å². The van der Waals surface area contributed by atoms with E-state index in [2.05, 4.69) is 4.98 Å². The van der Waals surface area contributed by atoms with Crippen LogP contribution in [0.5, 0.6) is 0 Å². The number of thioether (sulfide) groups is 1. The maximum absolute atomic E-state index is 13.6. The molecule has 0 saturated heterocycles. The molecule has 0 fully saturated rings. The van der Waals surface area contributed by atoms with E-state index in [1.54, 1.807) is 22.9 Å². The molecule has 6 heteroatoms. The van der Waals surface area contributed by atoms with Crippen LogP contribution < -0.4 is 4.90 Å². The van der Waals surface area contributed by atoms with Crippen LogP contribution >= 0.6 is 23.4 Å². The Bertz CT molecular complexity index is 1030. The van der Waals surface area contributed by atoms with Gasteiger partial charge in [0.1, 0.15) is 5.82 Å². The molecule has 1 aliphatic rings. The first-order valence-corrected chi connectivity index (χ1v) is 10.6. The molecule has 0 atom stereocenters. The summed E-state index contributed by atoms with van der Waals surface area (Å²) >= 11 is 8.00. The van der Waals surface area contributed by atoms with Gasteiger partial charge in [-0.05, 0) is 29.3 Å². The van der Waals surface area contributed by atoms with E-state index in [4.69, 9.17) is 16.3 Å². The monoisotopic (exact) mass is 422 g/mol. The van der Waals surface area contributed by atoms with Gasteiger partial charge in [0.05, 0.1) is 18.1 Å². The lowest BCUT2D eigenvalue weighted by atomic mass is 10.1. The molecule has 2 heterocycles. The molecule has 29 heavy (non-hydrogen) atoms. The summed E-state index contributed by atoms with van der Waals surface area (Å²) in [7, 11) is 0. The van der Waals surface area contributed by atoms with Crippen molar-refractivity contribution in [2.75, 3.05) is 17.3 Å². The van der Waals surface area contributed by atoms with Gasteiger partial charge in [-0.2, -0.15) is 0 Å². The quantitative estimate of drug-likeness (QED) is 0.552. The van der Waals surface area contributed by atoms with Crippen molar-refractivity contribution in [3.63, 3.8) is 0 Å². The third kappa shape index (κ3) is 4.47. The Kier molecular flexibility index (Phi) is 6.17. The van der Waals surface area contributed by atoms with Gasteiger partial charge in [-0.3, -0.25) is 9.69 Å². The number of halogens is 1. The van der Waals surface area contributed by atoms with Crippen molar-refractivity contribution in [2.24, 2.45) is 0 Å². The Morgan fingerprint density at radius 1 is 1.03 bits per heavy atom. The Morgan fingerprint density at radius 2 is 1.79 bits per heavy atom. The average Bonchev–Trinajstić information content (AvgIpc) is 2.79. The molecule has 0 N–H and O–H groups in total. The molecule has 0 bridgehead atoms. The molecule has 1 amide bonds. The number of aromatic nitrogens is 1. The van der Waals surface area contributed by atoms with E-state index in [0.29, 0.717) is 29.8 Å². The van der Waals surface area contributed by atoms with Crippen LogP contribution in [0, 0.1) is 0 Å². The van der Waals surface area contributed by atoms with E-state index >= 15 is 0 Å². The summed E-state index contributed by atoms with van der Waals surface area (Å²) in [5.74, 6) is 1.48. The number of nitrogens with zero attached hydrogens (tertiary/aromatic N) is 2. The molecular weight excluding hydrogens is 404 g/mol. The highest BCUT2D eigenvalue weighted by molar-refractivity contribution is 8.08. The Morgan fingerprint density at radius 3 is 2.55 bits per heavy atom. The van der Waals surface area contributed by atoms with E-state index in [1.165, 1.54) is 0 Å². The molecule has 0 unspecified atom stereocenters. The van der Waals surface area contributed by atoms with Crippen molar-refractivity contribution in [2.45, 2.75) is 6.54 Å². The second kappa shape index (κ2) is 9.16. The van der Waals surface area contributed by atoms with Crippen molar-refractivity contribution in [1.29, 1.82) is 0 Å². The fourth-order valence-electron chi connectivity index (χ4n) is 3.07. The Labute approximate surface area is 179 Å². The van der Waals surface area contributed by atoms with Gasteiger partial charge in [0.2, 0.25) is 0 Å². The molecule has 4 nitrogen and oxygen atoms in total. The molecule has 0 radical (unpaired) electrons. The van der Waals surface area contributed by atoms with E-state index in [0.717, 1.165) is 21.8 Å². The third-order valence-electron chi connectivity index (χ3n) is 4.47. The summed E-state index contributed by atoms with van der Waals surface area (Å²) in [5, 5.41) is 0.609. The van der Waals surface area contributed by atoms with Crippen LogP contribution in [0.25, 0.3) is 4.91 Å². The number of benzene rings is 2. The first kappa shape index (κ1) is 19.6. The zero-order chi connectivity index (χ0) is 20.1. The average molecular weight is 423 g/mol. The topological polar surface area (TPSA) is 42.4 Å². The number of hydrogen-bond acceptors (Lipinski definition) is 4. The zero-order valence-corrected chi connectivity index (χ0v) is 17.2. The standard InChI is InChI=1S/C23H19ClN2O2S/c24-19-11-5-4-10-18(19)16-26(20-12-6-7-13-25-20)23(27)21-22(29-15-14-28-21)17-8-2-1-3-9-17/h1-13H,14-16H2. The SMILES string of the molecule is O=C(C1=C(c2ccccc2)SCCO1)N(Cc1ccccc1Cl)c1ccccn1.